The minimum atomic E-state index is -3.73. The predicted octanol–water partition coefficient (Wildman–Crippen LogP) is 4.34. The highest BCUT2D eigenvalue weighted by Crippen LogP contribution is 2.33. The number of hydrogen-bond donors (Lipinski definition) is 1. The fourth-order valence-corrected chi connectivity index (χ4v) is 5.50. The lowest BCUT2D eigenvalue weighted by molar-refractivity contribution is -0.119. The van der Waals surface area contributed by atoms with Crippen molar-refractivity contribution in [1.29, 1.82) is 0 Å². The number of nitrogens with zero attached hydrogens (tertiary/aromatic N) is 1. The van der Waals surface area contributed by atoms with Crippen LogP contribution in [-0.4, -0.2) is 26.0 Å². The van der Waals surface area contributed by atoms with Crippen LogP contribution < -0.4 is 9.62 Å². The molecule has 1 atom stereocenters. The molecule has 154 valence electrons. The van der Waals surface area contributed by atoms with Gasteiger partial charge in [-0.2, -0.15) is 0 Å². The second-order valence-electron chi connectivity index (χ2n) is 7.59. The van der Waals surface area contributed by atoms with Gasteiger partial charge in [-0.25, -0.2) is 12.7 Å². The maximum Gasteiger partial charge on any atom is 0.257 e. The first-order valence-corrected chi connectivity index (χ1v) is 11.3. The first-order chi connectivity index (χ1) is 13.5. The van der Waals surface area contributed by atoms with Gasteiger partial charge in [0.1, 0.15) is 0 Å². The topological polar surface area (TPSA) is 83.6 Å². The Kier molecular flexibility index (Phi) is 5.74. The Morgan fingerprint density at radius 3 is 2.48 bits per heavy atom. The maximum atomic E-state index is 12.8. The highest BCUT2D eigenvalue weighted by Gasteiger charge is 2.42. The molecule has 3 rings (SSSR count). The van der Waals surface area contributed by atoms with Crippen LogP contribution >= 0.6 is 11.6 Å². The first kappa shape index (κ1) is 21.3. The van der Waals surface area contributed by atoms with Crippen LogP contribution in [0.1, 0.15) is 48.2 Å². The molecule has 2 amide bonds. The van der Waals surface area contributed by atoms with Crippen molar-refractivity contribution in [3.05, 3.63) is 58.1 Å². The van der Waals surface area contributed by atoms with Crippen LogP contribution in [0.25, 0.3) is 0 Å². The summed E-state index contributed by atoms with van der Waals surface area (Å²) < 4.78 is 25.3. The van der Waals surface area contributed by atoms with Gasteiger partial charge in [-0.15, -0.1) is 0 Å². The third-order valence-corrected chi connectivity index (χ3v) is 7.14. The number of carbonyl (C=O) groups is 2. The van der Waals surface area contributed by atoms with Crippen molar-refractivity contribution in [2.24, 2.45) is 5.92 Å². The molecule has 1 N–H and O–H groups in total. The molecule has 0 bridgehead atoms. The monoisotopic (exact) mass is 434 g/mol. The number of hydrogen-bond acceptors (Lipinski definition) is 4. The molecule has 0 aliphatic carbocycles. The van der Waals surface area contributed by atoms with E-state index in [1.807, 2.05) is 39.0 Å². The quantitative estimate of drug-likeness (QED) is 0.775. The molecule has 2 aromatic rings. The zero-order valence-electron chi connectivity index (χ0n) is 16.7. The van der Waals surface area contributed by atoms with Crippen LogP contribution in [0.15, 0.2) is 36.4 Å². The van der Waals surface area contributed by atoms with Gasteiger partial charge in [0.15, 0.2) is 0 Å². The number of carbonyl (C=O) groups excluding carboxylic acids is 2. The smallest absolute Gasteiger partial charge is 0.257 e. The average Bonchev–Trinajstić information content (AvgIpc) is 2.83. The summed E-state index contributed by atoms with van der Waals surface area (Å²) in [5, 5.41) is 2.99. The lowest BCUT2D eigenvalue weighted by atomic mass is 9.98. The Bertz CT molecular complexity index is 1100. The first-order valence-electron chi connectivity index (χ1n) is 9.30. The van der Waals surface area contributed by atoms with E-state index >= 15 is 0 Å². The maximum absolute atomic E-state index is 12.8. The third kappa shape index (κ3) is 4.02. The van der Waals surface area contributed by atoms with Crippen LogP contribution in [0.3, 0.4) is 0 Å². The Labute approximate surface area is 175 Å². The highest BCUT2D eigenvalue weighted by atomic mass is 35.5. The number of anilines is 2. The molecule has 0 saturated carbocycles. The molecule has 0 aromatic heterocycles. The van der Waals surface area contributed by atoms with Gasteiger partial charge in [-0.1, -0.05) is 50.6 Å². The molecule has 8 heteroatoms. The summed E-state index contributed by atoms with van der Waals surface area (Å²) in [6.45, 7) is 7.57. The summed E-state index contributed by atoms with van der Waals surface area (Å²) >= 11 is 6.29. The number of para-hydroxylation sites is 1. The van der Waals surface area contributed by atoms with Crippen LogP contribution in [0.4, 0.5) is 11.4 Å². The molecule has 29 heavy (non-hydrogen) atoms. The molecular weight excluding hydrogens is 412 g/mol. The van der Waals surface area contributed by atoms with E-state index in [1.54, 1.807) is 6.92 Å². The number of aryl methyl sites for hydroxylation is 1. The van der Waals surface area contributed by atoms with E-state index in [0.29, 0.717) is 0 Å². The van der Waals surface area contributed by atoms with Crippen molar-refractivity contribution in [3.8, 4) is 0 Å². The second-order valence-corrected chi connectivity index (χ2v) is 9.86. The van der Waals surface area contributed by atoms with E-state index < -0.39 is 27.8 Å². The molecule has 0 spiro atoms. The number of rotatable bonds is 4. The Morgan fingerprint density at radius 1 is 1.24 bits per heavy atom. The summed E-state index contributed by atoms with van der Waals surface area (Å²) in [5.74, 6) is -1.54. The number of amides is 2. The van der Waals surface area contributed by atoms with Crippen molar-refractivity contribution in [2.45, 2.75) is 33.6 Å². The largest absolute Gasteiger partial charge is 0.321 e. The van der Waals surface area contributed by atoms with Crippen molar-refractivity contribution < 1.29 is 18.0 Å². The lowest BCUT2D eigenvalue weighted by Crippen LogP contribution is -2.30. The highest BCUT2D eigenvalue weighted by molar-refractivity contribution is 7.94. The van der Waals surface area contributed by atoms with Gasteiger partial charge in [0, 0.05) is 5.69 Å². The predicted molar refractivity (Wildman–Crippen MR) is 115 cm³/mol. The molecule has 1 aliphatic rings. The number of halogens is 1. The molecule has 1 saturated heterocycles. The second kappa shape index (κ2) is 7.80. The van der Waals surface area contributed by atoms with Gasteiger partial charge in [0.25, 0.3) is 5.91 Å². The van der Waals surface area contributed by atoms with Gasteiger partial charge < -0.3 is 5.32 Å². The fraction of sp³-hybridized carbons (Fsp3) is 0.333. The SMILES string of the molecule is Cc1cccc(C(C)C)c1NC(=O)c1ccc(N2C(=O)[C@@H](C)CS2(=O)=O)cc1Cl. The van der Waals surface area contributed by atoms with Crippen LogP contribution in [0.2, 0.25) is 5.02 Å². The zero-order valence-corrected chi connectivity index (χ0v) is 18.3. The van der Waals surface area contributed by atoms with Crippen molar-refractivity contribution >= 4 is 44.8 Å². The average molecular weight is 435 g/mol. The van der Waals surface area contributed by atoms with Crippen molar-refractivity contribution in [3.63, 3.8) is 0 Å². The van der Waals surface area contributed by atoms with Crippen molar-refractivity contribution in [1.82, 2.24) is 0 Å². The molecule has 2 aromatic carbocycles. The molecule has 6 nitrogen and oxygen atoms in total. The summed E-state index contributed by atoms with van der Waals surface area (Å²) in [6.07, 6.45) is 0. The molecule has 1 fully saturated rings. The van der Waals surface area contributed by atoms with Gasteiger partial charge in [-0.05, 0) is 42.2 Å². The minimum Gasteiger partial charge on any atom is -0.321 e. The van der Waals surface area contributed by atoms with E-state index in [0.717, 1.165) is 21.1 Å². The Balaban J connectivity index is 1.93. The Hall–Kier alpha value is -2.38. The molecule has 0 unspecified atom stereocenters. The van der Waals surface area contributed by atoms with E-state index in [2.05, 4.69) is 5.32 Å². The zero-order chi connectivity index (χ0) is 21.5. The number of benzene rings is 2. The lowest BCUT2D eigenvalue weighted by Gasteiger charge is -2.18. The molecule has 0 radical (unpaired) electrons. The van der Waals surface area contributed by atoms with Gasteiger partial charge in [-0.3, -0.25) is 9.59 Å². The molecule has 1 aliphatic heterocycles. The fourth-order valence-electron chi connectivity index (χ4n) is 3.42. The van der Waals surface area contributed by atoms with Crippen LogP contribution in [0, 0.1) is 12.8 Å². The molecule has 1 heterocycles. The normalized spacial score (nSPS) is 18.3. The van der Waals surface area contributed by atoms with E-state index in [1.165, 1.54) is 18.2 Å². The summed E-state index contributed by atoms with van der Waals surface area (Å²) in [4.78, 5) is 25.1. The van der Waals surface area contributed by atoms with E-state index in [9.17, 15) is 18.0 Å². The standard InChI is InChI=1S/C21H23ClN2O4S/c1-12(2)16-7-5-6-13(3)19(16)23-20(25)17-9-8-15(10-18(17)22)24-21(26)14(4)11-29(24,27)28/h5-10,12,14H,11H2,1-4H3,(H,23,25)/t14-/m0/s1. The summed E-state index contributed by atoms with van der Waals surface area (Å²) in [6, 6.07) is 10.0. The van der Waals surface area contributed by atoms with Crippen molar-refractivity contribution in [2.75, 3.05) is 15.4 Å². The van der Waals surface area contributed by atoms with Crippen LogP contribution in [0.5, 0.6) is 0 Å². The summed E-state index contributed by atoms with van der Waals surface area (Å²) in [5.41, 5.74) is 3.01. The number of nitrogens with one attached hydrogen (secondary N) is 1. The van der Waals surface area contributed by atoms with Crippen LogP contribution in [-0.2, 0) is 14.8 Å². The third-order valence-electron chi connectivity index (χ3n) is 4.96. The Morgan fingerprint density at radius 2 is 1.93 bits per heavy atom. The van der Waals surface area contributed by atoms with Gasteiger partial charge in [0.2, 0.25) is 15.9 Å². The molecular formula is C21H23ClN2O4S. The van der Waals surface area contributed by atoms with Gasteiger partial charge in [0.05, 0.1) is 27.9 Å². The minimum absolute atomic E-state index is 0.0715. The number of sulfonamides is 1. The van der Waals surface area contributed by atoms with Gasteiger partial charge >= 0.3 is 0 Å². The van der Waals surface area contributed by atoms with E-state index in [4.69, 9.17) is 11.6 Å². The summed E-state index contributed by atoms with van der Waals surface area (Å²) in [7, 11) is -3.73. The van der Waals surface area contributed by atoms with E-state index in [-0.39, 0.29) is 27.9 Å².